The Morgan fingerprint density at radius 2 is 1.89 bits per heavy atom. The second kappa shape index (κ2) is 12.2. The van der Waals surface area contributed by atoms with Crippen molar-refractivity contribution in [3.8, 4) is 0 Å². The van der Waals surface area contributed by atoms with Crippen molar-refractivity contribution >= 4 is 11.9 Å². The summed E-state index contributed by atoms with van der Waals surface area (Å²) in [7, 11) is 1.83. The molecule has 0 aromatic carbocycles. The van der Waals surface area contributed by atoms with Crippen LogP contribution in [0.4, 0.5) is 0 Å². The molecule has 2 bridgehead atoms. The summed E-state index contributed by atoms with van der Waals surface area (Å²) in [4.78, 5) is 24.0. The minimum Gasteiger partial charge on any atom is -0.481 e. The molecule has 0 aliphatic carbocycles. The fourth-order valence-electron chi connectivity index (χ4n) is 4.48. The Bertz CT molecular complexity index is 523. The summed E-state index contributed by atoms with van der Waals surface area (Å²) in [6, 6.07) is 0. The Labute approximate surface area is 169 Å². The van der Waals surface area contributed by atoms with Gasteiger partial charge < -0.3 is 20.1 Å². The van der Waals surface area contributed by atoms with Crippen molar-refractivity contribution in [1.29, 1.82) is 0 Å². The van der Waals surface area contributed by atoms with Gasteiger partial charge >= 0.3 is 5.97 Å². The van der Waals surface area contributed by atoms with E-state index in [1.807, 2.05) is 14.0 Å². The number of hydrogen-bond donors (Lipinski definition) is 2. The van der Waals surface area contributed by atoms with Gasteiger partial charge in [0.2, 0.25) is 5.91 Å². The highest BCUT2D eigenvalue weighted by atomic mass is 16.5. The topological polar surface area (TPSA) is 78.9 Å². The lowest BCUT2D eigenvalue weighted by molar-refractivity contribution is -0.137. The number of allylic oxidation sites excluding steroid dienone is 2. The van der Waals surface area contributed by atoms with E-state index in [9.17, 15) is 9.59 Å². The summed E-state index contributed by atoms with van der Waals surface area (Å²) in [6.07, 6.45) is 13.9. The number of carboxylic acids is 1. The van der Waals surface area contributed by atoms with Crippen LogP contribution in [0.5, 0.6) is 0 Å². The SMILES string of the molecule is CCN(C)C(=O)CNCCCC[C@H]1[C@@H](CC=CCCCC(=O)O)[C@H]2CC[C@@H]1O2. The van der Waals surface area contributed by atoms with E-state index in [1.165, 1.54) is 25.7 Å². The first-order chi connectivity index (χ1) is 13.5. The monoisotopic (exact) mass is 394 g/mol. The van der Waals surface area contributed by atoms with Crippen LogP contribution < -0.4 is 5.32 Å². The molecule has 4 atom stereocenters. The molecule has 0 saturated carbocycles. The smallest absolute Gasteiger partial charge is 0.303 e. The van der Waals surface area contributed by atoms with E-state index >= 15 is 0 Å². The van der Waals surface area contributed by atoms with E-state index in [2.05, 4.69) is 17.5 Å². The average molecular weight is 395 g/mol. The highest BCUT2D eigenvalue weighted by Crippen LogP contribution is 2.47. The van der Waals surface area contributed by atoms with Crippen LogP contribution in [-0.2, 0) is 14.3 Å². The van der Waals surface area contributed by atoms with Crippen molar-refractivity contribution in [3.05, 3.63) is 12.2 Å². The zero-order valence-corrected chi connectivity index (χ0v) is 17.6. The summed E-state index contributed by atoms with van der Waals surface area (Å²) >= 11 is 0. The predicted octanol–water partition coefficient (Wildman–Crippen LogP) is 3.22. The molecule has 2 fully saturated rings. The molecule has 6 heteroatoms. The van der Waals surface area contributed by atoms with Gasteiger partial charge in [0.15, 0.2) is 0 Å². The number of unbranched alkanes of at least 4 members (excludes halogenated alkanes) is 2. The van der Waals surface area contributed by atoms with Crippen molar-refractivity contribution in [2.45, 2.75) is 76.9 Å². The highest BCUT2D eigenvalue weighted by Gasteiger charge is 2.47. The molecule has 2 aliphatic heterocycles. The van der Waals surface area contributed by atoms with E-state index in [4.69, 9.17) is 9.84 Å². The summed E-state index contributed by atoms with van der Waals surface area (Å²) in [5.41, 5.74) is 0. The Morgan fingerprint density at radius 1 is 1.14 bits per heavy atom. The number of carbonyl (C=O) groups excluding carboxylic acids is 1. The molecule has 0 aromatic rings. The molecule has 2 heterocycles. The average Bonchev–Trinajstić information content (AvgIpc) is 3.28. The molecular formula is C22H38N2O4. The molecule has 0 unspecified atom stereocenters. The van der Waals surface area contributed by atoms with Crippen LogP contribution in [0.25, 0.3) is 0 Å². The lowest BCUT2D eigenvalue weighted by Crippen LogP contribution is -2.35. The van der Waals surface area contributed by atoms with E-state index in [1.54, 1.807) is 4.90 Å². The molecule has 160 valence electrons. The van der Waals surface area contributed by atoms with Gasteiger partial charge in [-0.15, -0.1) is 0 Å². The summed E-state index contributed by atoms with van der Waals surface area (Å²) in [5.74, 6) is 0.697. The third-order valence-corrected chi connectivity index (χ3v) is 6.24. The minimum atomic E-state index is -0.716. The normalized spacial score (nSPS) is 26.2. The number of nitrogens with zero attached hydrogens (tertiary/aromatic N) is 1. The van der Waals surface area contributed by atoms with Crippen LogP contribution >= 0.6 is 0 Å². The summed E-state index contributed by atoms with van der Waals surface area (Å²) in [6.45, 7) is 4.05. The fraction of sp³-hybridized carbons (Fsp3) is 0.818. The number of carboxylic acid groups (broad SMARTS) is 1. The molecular weight excluding hydrogens is 356 g/mol. The first kappa shape index (κ1) is 22.9. The van der Waals surface area contributed by atoms with Gasteiger partial charge in [-0.3, -0.25) is 9.59 Å². The lowest BCUT2D eigenvalue weighted by Gasteiger charge is -2.27. The largest absolute Gasteiger partial charge is 0.481 e. The fourth-order valence-corrected chi connectivity index (χ4v) is 4.48. The van der Waals surface area contributed by atoms with Crippen molar-refractivity contribution < 1.29 is 19.4 Å². The van der Waals surface area contributed by atoms with Gasteiger partial charge in [0.05, 0.1) is 18.8 Å². The molecule has 1 amide bonds. The van der Waals surface area contributed by atoms with Gasteiger partial charge in [-0.25, -0.2) is 0 Å². The van der Waals surface area contributed by atoms with Crippen LogP contribution in [0.1, 0.15) is 64.7 Å². The number of aliphatic carboxylic acids is 1. The van der Waals surface area contributed by atoms with Gasteiger partial charge in [-0.1, -0.05) is 18.6 Å². The second-order valence-electron chi connectivity index (χ2n) is 8.19. The standard InChI is InChI=1S/C22H38N2O4/c1-3-24(2)21(25)16-23-15-9-8-11-18-17(19-13-14-20(18)28-19)10-6-4-5-7-12-22(26)27/h4,6,17-20,23H,3,5,7-16H2,1-2H3,(H,26,27)/t17-,18+,19-,20+/m1/s1. The van der Waals surface area contributed by atoms with E-state index in [-0.39, 0.29) is 12.3 Å². The maximum atomic E-state index is 11.8. The Balaban J connectivity index is 1.62. The Hall–Kier alpha value is -1.40. The van der Waals surface area contributed by atoms with Gasteiger partial charge in [0, 0.05) is 20.0 Å². The van der Waals surface area contributed by atoms with E-state index < -0.39 is 5.97 Å². The lowest BCUT2D eigenvalue weighted by atomic mass is 9.75. The van der Waals surface area contributed by atoms with Crippen LogP contribution in [0.3, 0.4) is 0 Å². The zero-order valence-electron chi connectivity index (χ0n) is 17.6. The maximum Gasteiger partial charge on any atom is 0.303 e. The quantitative estimate of drug-likeness (QED) is 0.349. The molecule has 2 N–H and O–H groups in total. The maximum absolute atomic E-state index is 11.8. The van der Waals surface area contributed by atoms with Gasteiger partial charge in [0.1, 0.15) is 0 Å². The zero-order chi connectivity index (χ0) is 20.4. The van der Waals surface area contributed by atoms with Crippen LogP contribution in [0.2, 0.25) is 0 Å². The van der Waals surface area contributed by atoms with Crippen LogP contribution in [0.15, 0.2) is 12.2 Å². The summed E-state index contributed by atoms with van der Waals surface area (Å²) in [5, 5.41) is 11.9. The molecule has 0 aromatic heterocycles. The van der Waals surface area contributed by atoms with E-state index in [0.717, 1.165) is 32.4 Å². The Morgan fingerprint density at radius 3 is 2.61 bits per heavy atom. The predicted molar refractivity (Wildman–Crippen MR) is 110 cm³/mol. The van der Waals surface area contributed by atoms with Crippen molar-refractivity contribution in [2.75, 3.05) is 26.7 Å². The van der Waals surface area contributed by atoms with Crippen molar-refractivity contribution in [2.24, 2.45) is 11.8 Å². The molecule has 0 radical (unpaired) electrons. The second-order valence-corrected chi connectivity index (χ2v) is 8.19. The number of amides is 1. The Kier molecular flexibility index (Phi) is 9.99. The first-order valence-electron chi connectivity index (χ1n) is 11.0. The summed E-state index contributed by atoms with van der Waals surface area (Å²) < 4.78 is 6.18. The number of rotatable bonds is 14. The molecule has 0 spiro atoms. The number of nitrogens with one attached hydrogen (secondary N) is 1. The molecule has 2 aliphatic rings. The third kappa shape index (κ3) is 7.21. The van der Waals surface area contributed by atoms with Crippen LogP contribution in [-0.4, -0.2) is 60.8 Å². The molecule has 6 nitrogen and oxygen atoms in total. The number of ether oxygens (including phenoxy) is 1. The van der Waals surface area contributed by atoms with Crippen LogP contribution in [0, 0.1) is 11.8 Å². The molecule has 2 rings (SSSR count). The molecule has 28 heavy (non-hydrogen) atoms. The minimum absolute atomic E-state index is 0.152. The number of fused-ring (bicyclic) bond motifs is 2. The molecule has 2 saturated heterocycles. The highest BCUT2D eigenvalue weighted by molar-refractivity contribution is 5.77. The first-order valence-corrected chi connectivity index (χ1v) is 11.0. The van der Waals surface area contributed by atoms with Crippen molar-refractivity contribution in [3.63, 3.8) is 0 Å². The van der Waals surface area contributed by atoms with Gasteiger partial charge in [0.25, 0.3) is 0 Å². The number of carbonyl (C=O) groups is 2. The third-order valence-electron chi connectivity index (χ3n) is 6.24. The number of likely N-dealkylation sites (N-methyl/N-ethyl adjacent to an activating group) is 1. The van der Waals surface area contributed by atoms with Crippen molar-refractivity contribution in [1.82, 2.24) is 10.2 Å². The van der Waals surface area contributed by atoms with Gasteiger partial charge in [-0.2, -0.15) is 0 Å². The number of hydrogen-bond acceptors (Lipinski definition) is 4. The van der Waals surface area contributed by atoms with Gasteiger partial charge in [-0.05, 0) is 70.3 Å². The van der Waals surface area contributed by atoms with E-state index in [0.29, 0.717) is 37.0 Å².